The Hall–Kier alpha value is -2.37. The van der Waals surface area contributed by atoms with Crippen molar-refractivity contribution < 1.29 is 9.53 Å². The van der Waals surface area contributed by atoms with E-state index < -0.39 is 0 Å². The monoisotopic (exact) mass is 342 g/mol. The highest BCUT2D eigenvalue weighted by Gasteiger charge is 2.34. The summed E-state index contributed by atoms with van der Waals surface area (Å²) in [6.07, 6.45) is 4.39. The number of amides is 1. The Balaban J connectivity index is 1.71. The Labute approximate surface area is 148 Å². The maximum Gasteiger partial charge on any atom is 0.227 e. The van der Waals surface area contributed by atoms with E-state index in [-0.39, 0.29) is 17.9 Å². The van der Waals surface area contributed by atoms with Gasteiger partial charge < -0.3 is 9.64 Å². The van der Waals surface area contributed by atoms with Crippen LogP contribution in [-0.2, 0) is 11.3 Å². The largest absolute Gasteiger partial charge is 0.491 e. The van der Waals surface area contributed by atoms with Crippen LogP contribution >= 0.6 is 0 Å². The number of carbonyl (C=O) groups is 1. The number of nitrogens with zero attached hydrogens (tertiary/aromatic N) is 4. The lowest BCUT2D eigenvalue weighted by Crippen LogP contribution is -2.24. The minimum absolute atomic E-state index is 0.0958. The van der Waals surface area contributed by atoms with Gasteiger partial charge in [-0.1, -0.05) is 13.3 Å². The van der Waals surface area contributed by atoms with E-state index in [0.717, 1.165) is 36.6 Å². The number of unbranched alkanes of at least 4 members (excludes halogenated alkanes) is 1. The summed E-state index contributed by atoms with van der Waals surface area (Å²) in [5, 5.41) is 4.32. The van der Waals surface area contributed by atoms with Gasteiger partial charge in [-0.2, -0.15) is 5.10 Å². The molecule has 1 atom stereocenters. The number of benzene rings is 1. The van der Waals surface area contributed by atoms with Crippen LogP contribution in [0.25, 0.3) is 0 Å². The van der Waals surface area contributed by atoms with Gasteiger partial charge in [-0.05, 0) is 44.5 Å². The molecule has 1 saturated heterocycles. The molecule has 0 aliphatic carbocycles. The smallest absolute Gasteiger partial charge is 0.227 e. The van der Waals surface area contributed by atoms with E-state index in [9.17, 15) is 4.79 Å². The minimum atomic E-state index is 0.0958. The van der Waals surface area contributed by atoms with Gasteiger partial charge >= 0.3 is 0 Å². The topological polar surface area (TPSA) is 60.2 Å². The van der Waals surface area contributed by atoms with Crippen LogP contribution in [-0.4, -0.2) is 33.3 Å². The van der Waals surface area contributed by atoms with E-state index in [0.29, 0.717) is 13.0 Å². The molecule has 1 aliphatic rings. The summed E-state index contributed by atoms with van der Waals surface area (Å²) in [5.74, 6) is 1.97. The molecule has 1 aromatic carbocycles. The molecule has 1 aromatic heterocycles. The molecule has 1 aliphatic heterocycles. The summed E-state index contributed by atoms with van der Waals surface area (Å²) in [6, 6.07) is 7.72. The van der Waals surface area contributed by atoms with Gasteiger partial charge in [0.1, 0.15) is 17.9 Å². The Morgan fingerprint density at radius 1 is 1.28 bits per heavy atom. The third kappa shape index (κ3) is 4.00. The minimum Gasteiger partial charge on any atom is -0.491 e. The number of aromatic nitrogens is 3. The first-order chi connectivity index (χ1) is 12.1. The van der Waals surface area contributed by atoms with Crippen molar-refractivity contribution in [2.75, 3.05) is 11.4 Å². The molecule has 0 saturated carbocycles. The molecule has 0 spiro atoms. The summed E-state index contributed by atoms with van der Waals surface area (Å²) in [4.78, 5) is 18.8. The average Bonchev–Trinajstić information content (AvgIpc) is 3.19. The fourth-order valence-corrected chi connectivity index (χ4v) is 3.18. The first-order valence-corrected chi connectivity index (χ1v) is 9.03. The van der Waals surface area contributed by atoms with E-state index in [1.165, 1.54) is 0 Å². The fourth-order valence-electron chi connectivity index (χ4n) is 3.18. The van der Waals surface area contributed by atoms with E-state index in [2.05, 4.69) is 17.0 Å². The average molecular weight is 342 g/mol. The summed E-state index contributed by atoms with van der Waals surface area (Å²) in [5.41, 5.74) is 0.906. The molecule has 25 heavy (non-hydrogen) atoms. The molecule has 2 aromatic rings. The second-order valence-electron chi connectivity index (χ2n) is 6.76. The molecule has 6 heteroatoms. The Bertz CT molecular complexity index is 708. The Morgan fingerprint density at radius 2 is 2.04 bits per heavy atom. The lowest BCUT2D eigenvalue weighted by atomic mass is 10.1. The van der Waals surface area contributed by atoms with Crippen LogP contribution in [0, 0.1) is 0 Å². The molecular formula is C19H26N4O2. The van der Waals surface area contributed by atoms with Gasteiger partial charge in [-0.25, -0.2) is 9.67 Å². The molecule has 1 amide bonds. The highest BCUT2D eigenvalue weighted by molar-refractivity contribution is 5.96. The van der Waals surface area contributed by atoms with Crippen molar-refractivity contribution >= 4 is 11.6 Å². The second kappa shape index (κ2) is 7.68. The summed E-state index contributed by atoms with van der Waals surface area (Å²) < 4.78 is 7.62. The van der Waals surface area contributed by atoms with Crippen molar-refractivity contribution in [3.63, 3.8) is 0 Å². The first-order valence-electron chi connectivity index (χ1n) is 9.03. The van der Waals surface area contributed by atoms with Crippen molar-refractivity contribution in [1.82, 2.24) is 14.8 Å². The van der Waals surface area contributed by atoms with Gasteiger partial charge in [0.15, 0.2) is 0 Å². The number of carbonyl (C=O) groups excluding carboxylic acids is 1. The van der Waals surface area contributed by atoms with E-state index in [4.69, 9.17) is 4.74 Å². The highest BCUT2D eigenvalue weighted by Crippen LogP contribution is 2.31. The predicted molar refractivity (Wildman–Crippen MR) is 96.8 cm³/mol. The van der Waals surface area contributed by atoms with Crippen LogP contribution < -0.4 is 9.64 Å². The predicted octanol–water partition coefficient (Wildman–Crippen LogP) is 3.39. The number of ether oxygens (including phenoxy) is 1. The third-order valence-electron chi connectivity index (χ3n) is 4.38. The van der Waals surface area contributed by atoms with Crippen molar-refractivity contribution in [2.24, 2.45) is 0 Å². The van der Waals surface area contributed by atoms with E-state index in [1.807, 2.05) is 47.7 Å². The highest BCUT2D eigenvalue weighted by atomic mass is 16.5. The lowest BCUT2D eigenvalue weighted by molar-refractivity contribution is -0.117. The molecule has 0 radical (unpaired) electrons. The summed E-state index contributed by atoms with van der Waals surface area (Å²) >= 11 is 0. The van der Waals surface area contributed by atoms with Crippen LogP contribution in [0.1, 0.15) is 51.8 Å². The molecule has 3 rings (SSSR count). The van der Waals surface area contributed by atoms with Crippen LogP contribution in [0.4, 0.5) is 5.69 Å². The van der Waals surface area contributed by atoms with Crippen LogP contribution in [0.3, 0.4) is 0 Å². The zero-order valence-electron chi connectivity index (χ0n) is 15.2. The molecule has 134 valence electrons. The van der Waals surface area contributed by atoms with Crippen LogP contribution in [0.15, 0.2) is 30.6 Å². The van der Waals surface area contributed by atoms with Gasteiger partial charge in [0, 0.05) is 31.1 Å². The van der Waals surface area contributed by atoms with Gasteiger partial charge in [0.05, 0.1) is 6.10 Å². The van der Waals surface area contributed by atoms with E-state index >= 15 is 0 Å². The van der Waals surface area contributed by atoms with Gasteiger partial charge in [-0.15, -0.1) is 0 Å². The van der Waals surface area contributed by atoms with Crippen LogP contribution in [0.2, 0.25) is 0 Å². The van der Waals surface area contributed by atoms with Crippen molar-refractivity contribution in [1.29, 1.82) is 0 Å². The van der Waals surface area contributed by atoms with Crippen molar-refractivity contribution in [2.45, 2.75) is 58.6 Å². The van der Waals surface area contributed by atoms with Gasteiger partial charge in [0.2, 0.25) is 5.91 Å². The SMILES string of the molecule is CCCCn1ncnc1[C@H]1CC(=O)N(c2ccc(OC(C)C)cc2)C1. The second-order valence-corrected chi connectivity index (χ2v) is 6.76. The fraction of sp³-hybridized carbons (Fsp3) is 0.526. The quantitative estimate of drug-likeness (QED) is 0.774. The number of hydrogen-bond acceptors (Lipinski definition) is 4. The molecule has 0 N–H and O–H groups in total. The number of aryl methyl sites for hydroxylation is 1. The molecule has 0 unspecified atom stereocenters. The third-order valence-corrected chi connectivity index (χ3v) is 4.38. The zero-order valence-corrected chi connectivity index (χ0v) is 15.2. The standard InChI is InChI=1S/C19H26N4O2/c1-4-5-10-23-19(20-13-21-23)15-11-18(24)22(12-15)16-6-8-17(9-7-16)25-14(2)3/h6-9,13-15H,4-5,10-12H2,1-3H3/t15-/m0/s1. The van der Waals surface area contributed by atoms with Crippen molar-refractivity contribution in [3.05, 3.63) is 36.4 Å². The van der Waals surface area contributed by atoms with E-state index in [1.54, 1.807) is 6.33 Å². The first kappa shape index (κ1) is 17.5. The zero-order chi connectivity index (χ0) is 17.8. The number of hydrogen-bond donors (Lipinski definition) is 0. The van der Waals surface area contributed by atoms with Gasteiger partial charge in [-0.3, -0.25) is 4.79 Å². The maximum atomic E-state index is 12.5. The molecule has 0 bridgehead atoms. The normalized spacial score (nSPS) is 17.5. The molecular weight excluding hydrogens is 316 g/mol. The maximum absolute atomic E-state index is 12.5. The molecule has 2 heterocycles. The lowest BCUT2D eigenvalue weighted by Gasteiger charge is -2.18. The number of anilines is 1. The van der Waals surface area contributed by atoms with Crippen molar-refractivity contribution in [3.8, 4) is 5.75 Å². The number of rotatable bonds is 7. The molecule has 1 fully saturated rings. The van der Waals surface area contributed by atoms with Gasteiger partial charge in [0.25, 0.3) is 0 Å². The summed E-state index contributed by atoms with van der Waals surface area (Å²) in [7, 11) is 0. The Morgan fingerprint density at radius 3 is 2.72 bits per heavy atom. The molecule has 6 nitrogen and oxygen atoms in total. The van der Waals surface area contributed by atoms with Crippen LogP contribution in [0.5, 0.6) is 5.75 Å². The Kier molecular flexibility index (Phi) is 5.36. The summed E-state index contributed by atoms with van der Waals surface area (Å²) in [6.45, 7) is 7.66.